The molecule has 1 aliphatic carbocycles. The predicted octanol–water partition coefficient (Wildman–Crippen LogP) is 2.04. The number of hydrogen-bond donors (Lipinski definition) is 1. The van der Waals surface area contributed by atoms with Crippen LogP contribution < -0.4 is 5.32 Å². The van der Waals surface area contributed by atoms with Crippen molar-refractivity contribution in [2.75, 3.05) is 6.54 Å². The van der Waals surface area contributed by atoms with Crippen LogP contribution in [0.5, 0.6) is 0 Å². The Balaban J connectivity index is 2.42. The molecule has 2 nitrogen and oxygen atoms in total. The minimum Gasteiger partial charge on any atom is -0.387 e. The maximum Gasteiger partial charge on any atom is 0.180 e. The number of carbonyl (C=O) groups is 1. The van der Waals surface area contributed by atoms with Gasteiger partial charge in [0.15, 0.2) is 5.78 Å². The van der Waals surface area contributed by atoms with Crippen molar-refractivity contribution in [2.24, 2.45) is 5.41 Å². The highest BCUT2D eigenvalue weighted by molar-refractivity contribution is 6.00. The van der Waals surface area contributed by atoms with Crippen LogP contribution >= 0.6 is 0 Å². The van der Waals surface area contributed by atoms with E-state index in [0.717, 1.165) is 18.7 Å². The standard InChI is InChI=1S/C11H17NO/c1-11(2,3)8-12-9-5-4-6-10(13)7-9/h4,6-7,12H,5,8H2,1-3H3. The van der Waals surface area contributed by atoms with E-state index in [9.17, 15) is 4.79 Å². The second-order valence-corrected chi connectivity index (χ2v) is 4.59. The van der Waals surface area contributed by atoms with Gasteiger partial charge in [0, 0.05) is 24.7 Å². The fraction of sp³-hybridized carbons (Fsp3) is 0.545. The highest BCUT2D eigenvalue weighted by Crippen LogP contribution is 2.13. The number of nitrogens with one attached hydrogen (secondary N) is 1. The quantitative estimate of drug-likeness (QED) is 0.702. The molecule has 0 aliphatic heterocycles. The van der Waals surface area contributed by atoms with Gasteiger partial charge in [-0.1, -0.05) is 26.8 Å². The Morgan fingerprint density at radius 1 is 1.46 bits per heavy atom. The molecule has 2 heteroatoms. The second kappa shape index (κ2) is 3.77. The number of ketones is 1. The summed E-state index contributed by atoms with van der Waals surface area (Å²) in [5, 5.41) is 3.28. The zero-order valence-electron chi connectivity index (χ0n) is 8.55. The van der Waals surface area contributed by atoms with Gasteiger partial charge in [-0.15, -0.1) is 0 Å². The van der Waals surface area contributed by atoms with Gasteiger partial charge >= 0.3 is 0 Å². The van der Waals surface area contributed by atoms with Crippen LogP contribution in [0.2, 0.25) is 0 Å². The van der Waals surface area contributed by atoms with Crippen LogP contribution in [-0.4, -0.2) is 12.3 Å². The van der Waals surface area contributed by atoms with Gasteiger partial charge in [-0.2, -0.15) is 0 Å². The molecule has 0 saturated carbocycles. The molecule has 1 N–H and O–H groups in total. The smallest absolute Gasteiger partial charge is 0.180 e. The van der Waals surface area contributed by atoms with Crippen LogP contribution in [0.4, 0.5) is 0 Å². The summed E-state index contributed by atoms with van der Waals surface area (Å²) in [6.45, 7) is 7.41. The monoisotopic (exact) mass is 179 g/mol. The summed E-state index contributed by atoms with van der Waals surface area (Å²) in [4.78, 5) is 11.0. The molecule has 0 radical (unpaired) electrons. The summed E-state index contributed by atoms with van der Waals surface area (Å²) in [5.74, 6) is 0.0858. The summed E-state index contributed by atoms with van der Waals surface area (Å²) >= 11 is 0. The predicted molar refractivity (Wildman–Crippen MR) is 54.3 cm³/mol. The lowest BCUT2D eigenvalue weighted by Gasteiger charge is -2.21. The van der Waals surface area contributed by atoms with E-state index in [2.05, 4.69) is 26.1 Å². The van der Waals surface area contributed by atoms with Gasteiger partial charge in [0.05, 0.1) is 0 Å². The minimum absolute atomic E-state index is 0.0858. The molecule has 0 saturated heterocycles. The first-order valence-corrected chi connectivity index (χ1v) is 4.62. The molecule has 0 aromatic heterocycles. The molecule has 0 bridgehead atoms. The van der Waals surface area contributed by atoms with Crippen molar-refractivity contribution >= 4 is 5.78 Å². The lowest BCUT2D eigenvalue weighted by atomic mass is 9.96. The Morgan fingerprint density at radius 3 is 2.69 bits per heavy atom. The molecular weight excluding hydrogens is 162 g/mol. The largest absolute Gasteiger partial charge is 0.387 e. The topological polar surface area (TPSA) is 29.1 Å². The molecule has 13 heavy (non-hydrogen) atoms. The fourth-order valence-electron chi connectivity index (χ4n) is 1.08. The number of allylic oxidation sites excluding steroid dienone is 3. The Kier molecular flexibility index (Phi) is 2.91. The molecule has 0 spiro atoms. The molecule has 72 valence electrons. The maximum absolute atomic E-state index is 11.0. The summed E-state index contributed by atoms with van der Waals surface area (Å²) in [6.07, 6.45) is 6.03. The molecule has 1 aliphatic rings. The van der Waals surface area contributed by atoms with E-state index in [4.69, 9.17) is 0 Å². The van der Waals surface area contributed by atoms with Crippen molar-refractivity contribution in [3.63, 3.8) is 0 Å². The molecule has 0 unspecified atom stereocenters. The summed E-state index contributed by atoms with van der Waals surface area (Å²) < 4.78 is 0. The van der Waals surface area contributed by atoms with Gasteiger partial charge in [-0.25, -0.2) is 0 Å². The highest BCUT2D eigenvalue weighted by atomic mass is 16.1. The first-order valence-electron chi connectivity index (χ1n) is 4.62. The zero-order valence-corrected chi connectivity index (χ0v) is 8.55. The van der Waals surface area contributed by atoms with Crippen LogP contribution in [0.15, 0.2) is 23.9 Å². The van der Waals surface area contributed by atoms with Crippen molar-refractivity contribution in [3.05, 3.63) is 23.9 Å². The van der Waals surface area contributed by atoms with Gasteiger partial charge in [-0.3, -0.25) is 4.79 Å². The Bertz CT molecular complexity index is 256. The average Bonchev–Trinajstić information content (AvgIpc) is 2.00. The van der Waals surface area contributed by atoms with Crippen molar-refractivity contribution in [1.29, 1.82) is 0 Å². The van der Waals surface area contributed by atoms with Crippen molar-refractivity contribution in [3.8, 4) is 0 Å². The zero-order chi connectivity index (χ0) is 9.90. The van der Waals surface area contributed by atoms with Crippen LogP contribution in [-0.2, 0) is 4.79 Å². The molecule has 0 amide bonds. The van der Waals surface area contributed by atoms with Crippen LogP contribution in [0.3, 0.4) is 0 Å². The van der Waals surface area contributed by atoms with Gasteiger partial charge in [-0.05, 0) is 11.5 Å². The van der Waals surface area contributed by atoms with E-state index >= 15 is 0 Å². The number of hydrogen-bond acceptors (Lipinski definition) is 2. The van der Waals surface area contributed by atoms with Gasteiger partial charge in [0.2, 0.25) is 0 Å². The number of carbonyl (C=O) groups excluding carboxylic acids is 1. The highest BCUT2D eigenvalue weighted by Gasteiger charge is 2.11. The van der Waals surface area contributed by atoms with Crippen LogP contribution in [0, 0.1) is 5.41 Å². The Labute approximate surface area is 79.7 Å². The third kappa shape index (κ3) is 3.92. The number of rotatable bonds is 2. The van der Waals surface area contributed by atoms with Gasteiger partial charge < -0.3 is 5.32 Å². The molecule has 0 atom stereocenters. The van der Waals surface area contributed by atoms with E-state index < -0.39 is 0 Å². The van der Waals surface area contributed by atoms with Gasteiger partial charge in [0.25, 0.3) is 0 Å². The van der Waals surface area contributed by atoms with Crippen molar-refractivity contribution < 1.29 is 4.79 Å². The molecule has 1 rings (SSSR count). The Morgan fingerprint density at radius 2 is 2.15 bits per heavy atom. The molecule has 0 aromatic rings. The van der Waals surface area contributed by atoms with E-state index in [1.54, 1.807) is 12.2 Å². The first kappa shape index (κ1) is 10.0. The van der Waals surface area contributed by atoms with E-state index in [-0.39, 0.29) is 11.2 Å². The summed E-state index contributed by atoms with van der Waals surface area (Å²) in [6, 6.07) is 0. The lowest BCUT2D eigenvalue weighted by molar-refractivity contribution is -0.110. The summed E-state index contributed by atoms with van der Waals surface area (Å²) in [5.41, 5.74) is 1.29. The third-order valence-electron chi connectivity index (χ3n) is 1.78. The van der Waals surface area contributed by atoms with E-state index in [0.29, 0.717) is 0 Å². The van der Waals surface area contributed by atoms with Crippen molar-refractivity contribution in [1.82, 2.24) is 5.32 Å². The second-order valence-electron chi connectivity index (χ2n) is 4.59. The normalized spacial score (nSPS) is 17.2. The van der Waals surface area contributed by atoms with E-state index in [1.807, 2.05) is 6.08 Å². The third-order valence-corrected chi connectivity index (χ3v) is 1.78. The molecular formula is C11H17NO. The molecule has 0 fully saturated rings. The van der Waals surface area contributed by atoms with Gasteiger partial charge in [0.1, 0.15) is 0 Å². The SMILES string of the molecule is CC(C)(C)CNC1=CC(=O)C=CC1. The average molecular weight is 179 g/mol. The van der Waals surface area contributed by atoms with E-state index in [1.165, 1.54) is 0 Å². The van der Waals surface area contributed by atoms with Crippen LogP contribution in [0.25, 0.3) is 0 Å². The lowest BCUT2D eigenvalue weighted by Crippen LogP contribution is -2.27. The first-order chi connectivity index (χ1) is 5.97. The molecule has 0 aromatic carbocycles. The molecule has 0 heterocycles. The van der Waals surface area contributed by atoms with Crippen LogP contribution in [0.1, 0.15) is 27.2 Å². The summed E-state index contributed by atoms with van der Waals surface area (Å²) in [7, 11) is 0. The Hall–Kier alpha value is -1.05. The minimum atomic E-state index is 0.0858. The fourth-order valence-corrected chi connectivity index (χ4v) is 1.08. The maximum atomic E-state index is 11.0. The van der Waals surface area contributed by atoms with Crippen molar-refractivity contribution in [2.45, 2.75) is 27.2 Å².